The van der Waals surface area contributed by atoms with Gasteiger partial charge in [-0.3, -0.25) is 4.79 Å². The summed E-state index contributed by atoms with van der Waals surface area (Å²) in [5.41, 5.74) is 0.773. The normalized spacial score (nSPS) is 24.9. The van der Waals surface area contributed by atoms with Gasteiger partial charge in [0.25, 0.3) is 0 Å². The maximum Gasteiger partial charge on any atom is 0.243 e. The largest absolute Gasteiger partial charge is 0.494 e. The zero-order valence-corrected chi connectivity index (χ0v) is 15.6. The molecule has 1 aromatic carbocycles. The summed E-state index contributed by atoms with van der Waals surface area (Å²) in [5, 5.41) is 0. The van der Waals surface area contributed by atoms with Gasteiger partial charge in [0.15, 0.2) is 0 Å². The average Bonchev–Trinajstić information content (AvgIpc) is 2.75. The Hall–Kier alpha value is -1.64. The number of hydrogen-bond donors (Lipinski definition) is 0. The van der Waals surface area contributed by atoms with Crippen molar-refractivity contribution in [2.24, 2.45) is 5.92 Å². The second kappa shape index (κ2) is 6.93. The summed E-state index contributed by atoms with van der Waals surface area (Å²) in [4.78, 5) is 14.3. The first-order chi connectivity index (χ1) is 11.8. The Bertz CT molecular complexity index is 764. The van der Waals surface area contributed by atoms with Crippen LogP contribution in [0.25, 0.3) is 0 Å². The second-order valence-electron chi connectivity index (χ2n) is 6.52. The minimum absolute atomic E-state index is 0.0527. The second-order valence-corrected chi connectivity index (χ2v) is 8.46. The highest BCUT2D eigenvalue weighted by Crippen LogP contribution is 2.28. The molecule has 2 aliphatic heterocycles. The Morgan fingerprint density at radius 1 is 1.28 bits per heavy atom. The highest BCUT2D eigenvalue weighted by molar-refractivity contribution is 7.89. The molecule has 0 aliphatic carbocycles. The van der Waals surface area contributed by atoms with E-state index in [9.17, 15) is 13.2 Å². The van der Waals surface area contributed by atoms with Crippen LogP contribution in [0.15, 0.2) is 23.1 Å². The number of fused-ring (bicyclic) bond motifs is 3. The molecule has 2 fully saturated rings. The molecular weight excluding hydrogens is 344 g/mol. The zero-order valence-electron chi connectivity index (χ0n) is 14.8. The molecule has 25 heavy (non-hydrogen) atoms. The predicted molar refractivity (Wildman–Crippen MR) is 92.0 cm³/mol. The molecule has 0 unspecified atom stereocenters. The standard InChI is InChI=1S/C17H24N2O5S/c1-4-24-16-6-5-15(7-12(16)2)25(21,22)19-8-13-10-23-11-14(9-19)18(3)17(13)20/h5-7,13-14H,4,8-11H2,1-3H3/t13-,14+/m1/s1. The molecule has 0 N–H and O–H groups in total. The maximum absolute atomic E-state index is 13.1. The first-order valence-electron chi connectivity index (χ1n) is 8.42. The van der Waals surface area contributed by atoms with Gasteiger partial charge in [-0.1, -0.05) is 0 Å². The topological polar surface area (TPSA) is 76.2 Å². The van der Waals surface area contributed by atoms with Crippen LogP contribution in [0.1, 0.15) is 12.5 Å². The highest BCUT2D eigenvalue weighted by atomic mass is 32.2. The molecule has 0 saturated carbocycles. The maximum atomic E-state index is 13.1. The van der Waals surface area contributed by atoms with E-state index < -0.39 is 15.9 Å². The molecule has 1 aromatic rings. The van der Waals surface area contributed by atoms with E-state index in [0.29, 0.717) is 19.0 Å². The number of carbonyl (C=O) groups is 1. The predicted octanol–water partition coefficient (Wildman–Crippen LogP) is 0.871. The summed E-state index contributed by atoms with van der Waals surface area (Å²) in [7, 11) is -1.97. The Balaban J connectivity index is 1.92. The van der Waals surface area contributed by atoms with E-state index in [4.69, 9.17) is 9.47 Å². The van der Waals surface area contributed by atoms with Crippen LogP contribution in [-0.2, 0) is 19.6 Å². The molecule has 0 aromatic heterocycles. The zero-order chi connectivity index (χ0) is 18.2. The van der Waals surface area contributed by atoms with E-state index in [2.05, 4.69) is 0 Å². The van der Waals surface area contributed by atoms with Crippen molar-refractivity contribution < 1.29 is 22.7 Å². The Labute approximate surface area is 148 Å². The van der Waals surface area contributed by atoms with Crippen LogP contribution in [0, 0.1) is 12.8 Å². The lowest BCUT2D eigenvalue weighted by Gasteiger charge is -2.28. The van der Waals surface area contributed by atoms with E-state index in [1.54, 1.807) is 30.1 Å². The average molecular weight is 368 g/mol. The van der Waals surface area contributed by atoms with Crippen molar-refractivity contribution in [1.82, 2.24) is 9.21 Å². The minimum atomic E-state index is -3.69. The third-order valence-electron chi connectivity index (χ3n) is 4.80. The minimum Gasteiger partial charge on any atom is -0.494 e. The SMILES string of the molecule is CCOc1ccc(S(=O)(=O)N2C[C@@H]3COC[C@H](C2)N(C)C3=O)cc1C. The van der Waals surface area contributed by atoms with Gasteiger partial charge in [-0.25, -0.2) is 8.42 Å². The van der Waals surface area contributed by atoms with E-state index in [0.717, 1.165) is 5.56 Å². The van der Waals surface area contributed by atoms with Crippen LogP contribution in [0.5, 0.6) is 5.75 Å². The molecule has 1 amide bonds. The molecule has 0 radical (unpaired) electrons. The van der Waals surface area contributed by atoms with E-state index in [1.165, 1.54) is 4.31 Å². The van der Waals surface area contributed by atoms with Crippen LogP contribution < -0.4 is 4.74 Å². The van der Waals surface area contributed by atoms with Crippen molar-refractivity contribution in [2.45, 2.75) is 24.8 Å². The number of sulfonamides is 1. The van der Waals surface area contributed by atoms with Crippen molar-refractivity contribution >= 4 is 15.9 Å². The summed E-state index contributed by atoms with van der Waals surface area (Å²) in [6, 6.07) is 4.61. The molecule has 8 heteroatoms. The van der Waals surface area contributed by atoms with Crippen molar-refractivity contribution in [3.63, 3.8) is 0 Å². The van der Waals surface area contributed by atoms with Crippen molar-refractivity contribution in [3.05, 3.63) is 23.8 Å². The summed E-state index contributed by atoms with van der Waals surface area (Å²) in [6.45, 7) is 5.24. The lowest BCUT2D eigenvalue weighted by Crippen LogP contribution is -2.45. The van der Waals surface area contributed by atoms with E-state index in [-0.39, 0.29) is 36.5 Å². The Kier molecular flexibility index (Phi) is 5.04. The third-order valence-corrected chi connectivity index (χ3v) is 6.62. The molecule has 2 heterocycles. The number of nitrogens with zero attached hydrogens (tertiary/aromatic N) is 2. The number of ether oxygens (including phenoxy) is 2. The van der Waals surface area contributed by atoms with Crippen LogP contribution >= 0.6 is 0 Å². The van der Waals surface area contributed by atoms with Gasteiger partial charge in [-0.2, -0.15) is 4.31 Å². The van der Waals surface area contributed by atoms with Crippen LogP contribution in [-0.4, -0.2) is 69.5 Å². The van der Waals surface area contributed by atoms with E-state index >= 15 is 0 Å². The number of amides is 1. The molecule has 138 valence electrons. The first kappa shape index (κ1) is 18.2. The van der Waals surface area contributed by atoms with Crippen molar-refractivity contribution in [1.29, 1.82) is 0 Å². The molecular formula is C17H24N2O5S. The molecule has 3 rings (SSSR count). The Morgan fingerprint density at radius 2 is 2.04 bits per heavy atom. The fraction of sp³-hybridized carbons (Fsp3) is 0.588. The monoisotopic (exact) mass is 368 g/mol. The molecule has 2 aliphatic rings. The van der Waals surface area contributed by atoms with Gasteiger partial charge in [-0.15, -0.1) is 0 Å². The van der Waals surface area contributed by atoms with Crippen LogP contribution in [0.4, 0.5) is 0 Å². The lowest BCUT2D eigenvalue weighted by molar-refractivity contribution is -0.133. The van der Waals surface area contributed by atoms with Crippen molar-refractivity contribution in [3.8, 4) is 5.75 Å². The smallest absolute Gasteiger partial charge is 0.243 e. The summed E-state index contributed by atoms with van der Waals surface area (Å²) in [5.74, 6) is 0.164. The Morgan fingerprint density at radius 3 is 2.72 bits per heavy atom. The number of hydrogen-bond acceptors (Lipinski definition) is 5. The molecule has 2 atom stereocenters. The number of rotatable bonds is 4. The van der Waals surface area contributed by atoms with Gasteiger partial charge in [0, 0.05) is 20.1 Å². The van der Waals surface area contributed by atoms with Crippen LogP contribution in [0.2, 0.25) is 0 Å². The summed E-state index contributed by atoms with van der Waals surface area (Å²) in [6.07, 6.45) is 0. The number of aryl methyl sites for hydroxylation is 1. The third kappa shape index (κ3) is 3.38. The van der Waals surface area contributed by atoms with Gasteiger partial charge in [0.05, 0.1) is 36.7 Å². The number of benzene rings is 1. The lowest BCUT2D eigenvalue weighted by atomic mass is 10.1. The number of likely N-dealkylation sites (N-methyl/N-ethyl adjacent to an activating group) is 1. The van der Waals surface area contributed by atoms with Gasteiger partial charge in [0.1, 0.15) is 5.75 Å². The van der Waals surface area contributed by atoms with Gasteiger partial charge >= 0.3 is 0 Å². The van der Waals surface area contributed by atoms with E-state index in [1.807, 2.05) is 13.8 Å². The summed E-state index contributed by atoms with van der Waals surface area (Å²) >= 11 is 0. The van der Waals surface area contributed by atoms with Gasteiger partial charge in [-0.05, 0) is 37.6 Å². The highest BCUT2D eigenvalue weighted by Gasteiger charge is 2.41. The van der Waals surface area contributed by atoms with Crippen LogP contribution in [0.3, 0.4) is 0 Å². The quantitative estimate of drug-likeness (QED) is 0.788. The molecule has 2 saturated heterocycles. The molecule has 0 spiro atoms. The molecule has 7 nitrogen and oxygen atoms in total. The fourth-order valence-corrected chi connectivity index (χ4v) is 4.91. The van der Waals surface area contributed by atoms with Gasteiger partial charge in [0.2, 0.25) is 15.9 Å². The number of carbonyl (C=O) groups excluding carboxylic acids is 1. The fourth-order valence-electron chi connectivity index (χ4n) is 3.30. The first-order valence-corrected chi connectivity index (χ1v) is 9.86. The van der Waals surface area contributed by atoms with Gasteiger partial charge < -0.3 is 14.4 Å². The molecule has 2 bridgehead atoms. The van der Waals surface area contributed by atoms with Crippen molar-refractivity contribution in [2.75, 3.05) is 40.0 Å². The summed E-state index contributed by atoms with van der Waals surface area (Å²) < 4.78 is 38.7.